The molecule has 190 valence electrons. The van der Waals surface area contributed by atoms with Gasteiger partial charge in [0.1, 0.15) is 17.7 Å². The molecule has 36 heavy (non-hydrogen) atoms. The van der Waals surface area contributed by atoms with E-state index in [1.165, 1.54) is 19.3 Å². The van der Waals surface area contributed by atoms with Crippen LogP contribution >= 0.6 is 0 Å². The lowest BCUT2D eigenvalue weighted by atomic mass is 10.0. The van der Waals surface area contributed by atoms with Crippen LogP contribution in [-0.2, 0) is 13.2 Å². The largest absolute Gasteiger partial charge is 0.419 e. The van der Waals surface area contributed by atoms with E-state index in [1.807, 2.05) is 0 Å². The van der Waals surface area contributed by atoms with Gasteiger partial charge in [-0.05, 0) is 26.0 Å². The lowest BCUT2D eigenvalue weighted by Crippen LogP contribution is -2.49. The molecule has 0 spiro atoms. The highest BCUT2D eigenvalue weighted by molar-refractivity contribution is 5.92. The number of piperazine rings is 1. The number of rotatable bonds is 5. The molecule has 1 saturated heterocycles. The first kappa shape index (κ1) is 25.4. The second-order valence-electron chi connectivity index (χ2n) is 8.93. The Morgan fingerprint density at radius 2 is 1.83 bits per heavy atom. The van der Waals surface area contributed by atoms with Crippen LogP contribution < -0.4 is 15.8 Å². The van der Waals surface area contributed by atoms with Crippen LogP contribution in [-0.4, -0.2) is 51.9 Å². The number of halogens is 4. The summed E-state index contributed by atoms with van der Waals surface area (Å²) in [4.78, 5) is 21.6. The molecule has 3 heterocycles. The van der Waals surface area contributed by atoms with Gasteiger partial charge in [-0.15, -0.1) is 6.42 Å². The summed E-state index contributed by atoms with van der Waals surface area (Å²) in [5, 5.41) is 7.73. The second-order valence-corrected chi connectivity index (χ2v) is 8.93. The van der Waals surface area contributed by atoms with Crippen LogP contribution in [0.3, 0.4) is 0 Å². The fraction of sp³-hybridized carbons (Fsp3) is 0.400. The minimum atomic E-state index is -4.87. The van der Waals surface area contributed by atoms with Crippen LogP contribution in [0.25, 0.3) is 10.8 Å². The predicted octanol–water partition coefficient (Wildman–Crippen LogP) is 3.80. The summed E-state index contributed by atoms with van der Waals surface area (Å²) in [5.74, 6) is 1.61. The van der Waals surface area contributed by atoms with Gasteiger partial charge in [-0.3, -0.25) is 9.69 Å². The molecule has 4 rings (SSSR count). The molecule has 1 atom stereocenters. The number of terminal acetylenes is 1. The third-order valence-corrected chi connectivity index (χ3v) is 6.38. The topological polar surface area (TPSA) is 66.3 Å². The van der Waals surface area contributed by atoms with Gasteiger partial charge in [0.25, 0.3) is 5.56 Å². The molecular formula is C25H26F4N6O. The number of hydrogen-bond donors (Lipinski definition) is 1. The number of aryl methyl sites for hydroxylation is 1. The summed E-state index contributed by atoms with van der Waals surface area (Å²) in [6, 6.07) is 3.80. The zero-order valence-corrected chi connectivity index (χ0v) is 20.1. The van der Waals surface area contributed by atoms with Crippen molar-refractivity contribution in [1.82, 2.24) is 19.7 Å². The smallest absolute Gasteiger partial charge is 0.354 e. The SMILES string of the molecule is C#C[C@@H](Nc1nn(C)c(=O)c2cnc(N3CCN(C(C)C)CC3)cc12)c1cccc(C(F)(F)F)c1F. The van der Waals surface area contributed by atoms with Crippen molar-refractivity contribution >= 4 is 22.4 Å². The number of alkyl halides is 3. The number of fused-ring (bicyclic) bond motifs is 1. The number of benzene rings is 1. The number of nitrogens with zero attached hydrogens (tertiary/aromatic N) is 5. The predicted molar refractivity (Wildman–Crippen MR) is 130 cm³/mol. The molecule has 1 fully saturated rings. The molecule has 7 nitrogen and oxygen atoms in total. The highest BCUT2D eigenvalue weighted by Crippen LogP contribution is 2.35. The van der Waals surface area contributed by atoms with E-state index in [0.29, 0.717) is 23.3 Å². The Morgan fingerprint density at radius 1 is 1.14 bits per heavy atom. The molecule has 1 aromatic carbocycles. The minimum Gasteiger partial charge on any atom is -0.354 e. The molecule has 1 aliphatic heterocycles. The average molecular weight is 503 g/mol. The van der Waals surface area contributed by atoms with E-state index >= 15 is 0 Å². The van der Waals surface area contributed by atoms with Crippen molar-refractivity contribution in [3.8, 4) is 12.3 Å². The highest BCUT2D eigenvalue weighted by atomic mass is 19.4. The molecule has 0 bridgehead atoms. The van der Waals surface area contributed by atoms with Crippen LogP contribution in [0.2, 0.25) is 0 Å². The number of pyridine rings is 1. The number of hydrogen-bond acceptors (Lipinski definition) is 6. The minimum absolute atomic E-state index is 0.135. The van der Waals surface area contributed by atoms with E-state index in [0.717, 1.165) is 36.9 Å². The average Bonchev–Trinajstić information content (AvgIpc) is 2.84. The third kappa shape index (κ3) is 4.86. The monoisotopic (exact) mass is 502 g/mol. The molecular weight excluding hydrogens is 476 g/mol. The van der Waals surface area contributed by atoms with Gasteiger partial charge in [0, 0.05) is 56.4 Å². The first-order chi connectivity index (χ1) is 17.0. The van der Waals surface area contributed by atoms with E-state index < -0.39 is 29.2 Å². The number of aromatic nitrogens is 3. The summed E-state index contributed by atoms with van der Waals surface area (Å²) in [6.45, 7) is 7.45. The summed E-state index contributed by atoms with van der Waals surface area (Å²) >= 11 is 0. The second kappa shape index (κ2) is 9.78. The maximum atomic E-state index is 14.8. The van der Waals surface area contributed by atoms with Gasteiger partial charge in [0.2, 0.25) is 0 Å². The zero-order valence-electron chi connectivity index (χ0n) is 20.1. The third-order valence-electron chi connectivity index (χ3n) is 6.38. The van der Waals surface area contributed by atoms with Crippen molar-refractivity contribution in [2.45, 2.75) is 32.1 Å². The molecule has 3 aromatic rings. The fourth-order valence-electron chi connectivity index (χ4n) is 4.32. The lowest BCUT2D eigenvalue weighted by molar-refractivity contribution is -0.140. The first-order valence-corrected chi connectivity index (χ1v) is 11.5. The summed E-state index contributed by atoms with van der Waals surface area (Å²) < 4.78 is 55.6. The Morgan fingerprint density at radius 3 is 2.44 bits per heavy atom. The first-order valence-electron chi connectivity index (χ1n) is 11.5. The van der Waals surface area contributed by atoms with Gasteiger partial charge in [-0.1, -0.05) is 18.1 Å². The van der Waals surface area contributed by atoms with Crippen molar-refractivity contribution < 1.29 is 17.6 Å². The van der Waals surface area contributed by atoms with Crippen LogP contribution in [0.1, 0.15) is 31.0 Å². The normalized spacial score (nSPS) is 15.8. The van der Waals surface area contributed by atoms with Gasteiger partial charge >= 0.3 is 6.18 Å². The van der Waals surface area contributed by atoms with Crippen LogP contribution in [0, 0.1) is 18.2 Å². The summed E-state index contributed by atoms with van der Waals surface area (Å²) in [5.41, 5.74) is -2.16. The lowest BCUT2D eigenvalue weighted by Gasteiger charge is -2.37. The van der Waals surface area contributed by atoms with Crippen molar-refractivity contribution in [1.29, 1.82) is 0 Å². The van der Waals surface area contributed by atoms with Gasteiger partial charge in [0.15, 0.2) is 5.82 Å². The standard InChI is InChI=1S/C25H26F4N6O/c1-5-20(16-7-6-8-19(22(16)26)25(27,28)29)31-23-17-13-21(30-14-18(17)24(36)33(4)32-23)35-11-9-34(10-12-35)15(2)3/h1,6-8,13-15,20H,9-12H2,2-4H3,(H,31,32)/t20-/m1/s1. The Labute approximate surface area is 205 Å². The summed E-state index contributed by atoms with van der Waals surface area (Å²) in [7, 11) is 1.43. The maximum Gasteiger partial charge on any atom is 0.419 e. The van der Waals surface area contributed by atoms with Gasteiger partial charge in [-0.25, -0.2) is 14.1 Å². The van der Waals surface area contributed by atoms with Gasteiger partial charge in [-0.2, -0.15) is 18.3 Å². The molecule has 1 aliphatic rings. The van der Waals surface area contributed by atoms with Crippen molar-refractivity contribution in [2.24, 2.45) is 7.05 Å². The molecule has 1 N–H and O–H groups in total. The van der Waals surface area contributed by atoms with Crippen LogP contribution in [0.5, 0.6) is 0 Å². The molecule has 2 aromatic heterocycles. The molecule has 11 heteroatoms. The zero-order chi connectivity index (χ0) is 26.2. The van der Waals surface area contributed by atoms with Gasteiger partial charge < -0.3 is 10.2 Å². The Balaban J connectivity index is 1.73. The van der Waals surface area contributed by atoms with E-state index in [-0.39, 0.29) is 16.8 Å². The number of nitrogens with one attached hydrogen (secondary N) is 1. The van der Waals surface area contributed by atoms with Gasteiger partial charge in [0.05, 0.1) is 10.9 Å². The van der Waals surface area contributed by atoms with E-state index in [1.54, 1.807) is 6.07 Å². The molecule has 0 aliphatic carbocycles. The maximum absolute atomic E-state index is 14.8. The molecule has 0 radical (unpaired) electrons. The van der Waals surface area contributed by atoms with Crippen molar-refractivity contribution in [2.75, 3.05) is 36.4 Å². The van der Waals surface area contributed by atoms with E-state index in [9.17, 15) is 22.4 Å². The van der Waals surface area contributed by atoms with E-state index in [2.05, 4.69) is 45.0 Å². The highest BCUT2D eigenvalue weighted by Gasteiger charge is 2.35. The van der Waals surface area contributed by atoms with Crippen molar-refractivity contribution in [3.63, 3.8) is 0 Å². The van der Waals surface area contributed by atoms with Crippen molar-refractivity contribution in [3.05, 3.63) is 57.8 Å². The van der Waals surface area contributed by atoms with E-state index in [4.69, 9.17) is 6.42 Å². The van der Waals surface area contributed by atoms with Crippen LogP contribution in [0.15, 0.2) is 35.3 Å². The Kier molecular flexibility index (Phi) is 6.91. The van der Waals surface area contributed by atoms with Crippen LogP contribution in [0.4, 0.5) is 29.2 Å². The Hall–Kier alpha value is -3.65. The fourth-order valence-corrected chi connectivity index (χ4v) is 4.32. The quantitative estimate of drug-likeness (QED) is 0.423. The molecule has 0 saturated carbocycles. The molecule has 0 amide bonds. The molecule has 0 unspecified atom stereocenters. The Bertz CT molecular complexity index is 1370. The summed E-state index contributed by atoms with van der Waals surface area (Å²) in [6.07, 6.45) is 2.17. The number of anilines is 2.